The third-order valence-corrected chi connectivity index (χ3v) is 5.38. The van der Waals surface area contributed by atoms with Crippen LogP contribution in [0.5, 0.6) is 0 Å². The van der Waals surface area contributed by atoms with Crippen LogP contribution in [0.25, 0.3) is 11.0 Å². The first kappa shape index (κ1) is 20.5. The lowest BCUT2D eigenvalue weighted by atomic mass is 10.0. The number of nitrogens with zero attached hydrogens (tertiary/aromatic N) is 1. The fraction of sp³-hybridized carbons (Fsp3) is 0.0909. The Morgan fingerprint density at radius 2 is 2.03 bits per heavy atom. The smallest absolute Gasteiger partial charge is 0.174 e. The van der Waals surface area contributed by atoms with Crippen LogP contribution in [0.3, 0.4) is 0 Å². The van der Waals surface area contributed by atoms with E-state index in [1.807, 2.05) is 30.3 Å². The molecule has 1 unspecified atom stereocenters. The monoisotopic (exact) mass is 487 g/mol. The molecule has 0 bridgehead atoms. The Kier molecular flexibility index (Phi) is 6.13. The summed E-state index contributed by atoms with van der Waals surface area (Å²) in [5.74, 6) is -0.599. The summed E-state index contributed by atoms with van der Waals surface area (Å²) in [6.07, 6.45) is 1.05. The van der Waals surface area contributed by atoms with Gasteiger partial charge in [-0.15, -0.1) is 0 Å². The average Bonchev–Trinajstić information content (AvgIpc) is 3.22. The fourth-order valence-electron chi connectivity index (χ4n) is 3.10. The number of anilines is 2. The van der Waals surface area contributed by atoms with Crippen molar-refractivity contribution in [1.82, 2.24) is 9.97 Å². The minimum absolute atomic E-state index is 0.0870. The number of fused-ring (bicyclic) bond motifs is 1. The van der Waals surface area contributed by atoms with E-state index in [1.165, 1.54) is 6.33 Å². The van der Waals surface area contributed by atoms with E-state index in [0.29, 0.717) is 28.1 Å². The number of aromatic nitrogens is 2. The first-order valence-corrected chi connectivity index (χ1v) is 10.2. The zero-order valence-corrected chi connectivity index (χ0v) is 17.9. The molecule has 0 spiro atoms. The molecule has 2 N–H and O–H groups in total. The third-order valence-electron chi connectivity index (χ3n) is 4.58. The number of rotatable bonds is 7. The van der Waals surface area contributed by atoms with Gasteiger partial charge in [0.25, 0.3) is 0 Å². The van der Waals surface area contributed by atoms with Crippen LogP contribution in [0.2, 0.25) is 5.02 Å². The second-order valence-electron chi connectivity index (χ2n) is 6.56. The number of benzene rings is 3. The summed E-state index contributed by atoms with van der Waals surface area (Å²) in [6.45, 7) is 0.200. The van der Waals surface area contributed by atoms with E-state index in [9.17, 15) is 4.79 Å². The van der Waals surface area contributed by atoms with Crippen molar-refractivity contribution in [1.29, 1.82) is 0 Å². The highest BCUT2D eigenvalue weighted by Gasteiger charge is 2.23. The van der Waals surface area contributed by atoms with Gasteiger partial charge in [-0.3, -0.25) is 0 Å². The summed E-state index contributed by atoms with van der Waals surface area (Å²) < 4.78 is 22.0. The Bertz CT molecular complexity index is 1200. The van der Waals surface area contributed by atoms with Crippen molar-refractivity contribution < 1.29 is 13.9 Å². The molecule has 4 aromatic rings. The lowest BCUT2D eigenvalue weighted by Crippen LogP contribution is -2.10. The Morgan fingerprint density at radius 3 is 2.77 bits per heavy atom. The molecule has 1 heterocycles. The molecule has 0 fully saturated rings. The third kappa shape index (κ3) is 4.23. The maximum absolute atomic E-state index is 15.4. The predicted molar refractivity (Wildman–Crippen MR) is 119 cm³/mol. The molecule has 8 heteroatoms. The molecule has 5 nitrogen and oxygen atoms in total. The number of carbonyl (C=O) groups excluding carboxylic acids is 1. The van der Waals surface area contributed by atoms with E-state index in [4.69, 9.17) is 16.3 Å². The van der Waals surface area contributed by atoms with Crippen molar-refractivity contribution >= 4 is 56.2 Å². The Hall–Kier alpha value is -2.74. The van der Waals surface area contributed by atoms with E-state index >= 15 is 4.39 Å². The molecule has 3 aromatic carbocycles. The molecular formula is C22H16BrClFN3O2. The van der Waals surface area contributed by atoms with Gasteiger partial charge in [-0.25, -0.2) is 9.37 Å². The lowest BCUT2D eigenvalue weighted by molar-refractivity contribution is -0.119. The normalized spacial score (nSPS) is 12.1. The van der Waals surface area contributed by atoms with Crippen molar-refractivity contribution in [3.63, 3.8) is 0 Å². The first-order chi connectivity index (χ1) is 14.6. The van der Waals surface area contributed by atoms with Gasteiger partial charge in [-0.1, -0.05) is 57.9 Å². The van der Waals surface area contributed by atoms with E-state index in [2.05, 4.69) is 31.2 Å². The number of hydrogen-bond acceptors (Lipinski definition) is 4. The number of nitrogens with one attached hydrogen (secondary N) is 2. The van der Waals surface area contributed by atoms with E-state index < -0.39 is 11.9 Å². The highest BCUT2D eigenvalue weighted by atomic mass is 79.9. The maximum atomic E-state index is 15.4. The summed E-state index contributed by atoms with van der Waals surface area (Å²) in [4.78, 5) is 18.8. The topological polar surface area (TPSA) is 67.0 Å². The molecule has 0 saturated carbocycles. The average molecular weight is 489 g/mol. The predicted octanol–water partition coefficient (Wildman–Crippen LogP) is 6.32. The van der Waals surface area contributed by atoms with Crippen molar-refractivity contribution in [3.05, 3.63) is 87.4 Å². The minimum atomic E-state index is -0.996. The molecule has 0 aliphatic rings. The van der Waals surface area contributed by atoms with Crippen LogP contribution in [0.15, 0.2) is 65.4 Å². The van der Waals surface area contributed by atoms with Gasteiger partial charge >= 0.3 is 0 Å². The number of carbonyl (C=O) groups is 1. The van der Waals surface area contributed by atoms with Gasteiger partial charge in [0.2, 0.25) is 0 Å². The Balaban J connectivity index is 1.74. The summed E-state index contributed by atoms with van der Waals surface area (Å²) >= 11 is 9.65. The number of halogens is 3. The van der Waals surface area contributed by atoms with Gasteiger partial charge < -0.3 is 19.8 Å². The van der Waals surface area contributed by atoms with E-state index in [-0.39, 0.29) is 17.8 Å². The molecular weight excluding hydrogens is 473 g/mol. The van der Waals surface area contributed by atoms with E-state index in [0.717, 1.165) is 10.0 Å². The Morgan fingerprint density at radius 1 is 1.23 bits per heavy atom. The summed E-state index contributed by atoms with van der Waals surface area (Å²) in [5.41, 5.74) is 2.44. The van der Waals surface area contributed by atoms with Crippen LogP contribution in [-0.2, 0) is 16.1 Å². The van der Waals surface area contributed by atoms with Crippen LogP contribution in [0, 0.1) is 5.82 Å². The van der Waals surface area contributed by atoms with Crippen molar-refractivity contribution in [3.8, 4) is 0 Å². The second kappa shape index (κ2) is 8.95. The van der Waals surface area contributed by atoms with Gasteiger partial charge in [-0.05, 0) is 29.8 Å². The fourth-order valence-corrected chi connectivity index (χ4v) is 3.82. The molecule has 1 atom stereocenters. The molecule has 0 aliphatic heterocycles. The van der Waals surface area contributed by atoms with E-state index in [1.54, 1.807) is 24.3 Å². The van der Waals surface area contributed by atoms with Crippen LogP contribution in [0.4, 0.5) is 15.8 Å². The van der Waals surface area contributed by atoms with Crippen LogP contribution in [0.1, 0.15) is 17.2 Å². The molecule has 0 aliphatic carbocycles. The number of imidazole rings is 1. The SMILES string of the molecule is O=CC(OCc1ccccc1)c1cc2[nH]cnc2c(F)c1Nc1ccc(Br)cc1Cl. The number of aromatic amines is 1. The van der Waals surface area contributed by atoms with Gasteiger partial charge in [0.1, 0.15) is 11.6 Å². The first-order valence-electron chi connectivity index (χ1n) is 9.05. The number of aldehydes is 1. The number of hydrogen-bond donors (Lipinski definition) is 2. The van der Waals surface area contributed by atoms with Gasteiger partial charge in [-0.2, -0.15) is 0 Å². The van der Waals surface area contributed by atoms with Gasteiger partial charge in [0.05, 0.1) is 34.8 Å². The quantitative estimate of drug-likeness (QED) is 0.299. The highest BCUT2D eigenvalue weighted by molar-refractivity contribution is 9.10. The summed E-state index contributed by atoms with van der Waals surface area (Å²) in [5, 5.41) is 3.40. The minimum Gasteiger partial charge on any atom is -0.361 e. The molecule has 0 amide bonds. The van der Waals surface area contributed by atoms with Crippen molar-refractivity contribution in [2.45, 2.75) is 12.7 Å². The number of ether oxygens (including phenoxy) is 1. The standard InChI is InChI=1S/C22H16BrClFN3O2/c23-14-6-7-17(16(24)8-14)28-21-15(9-18-22(20(21)25)27-12-26-18)19(10-29)30-11-13-4-2-1-3-5-13/h1-10,12,19,28H,11H2,(H,26,27). The zero-order chi connectivity index (χ0) is 21.1. The maximum Gasteiger partial charge on any atom is 0.174 e. The Labute approximate surface area is 185 Å². The highest BCUT2D eigenvalue weighted by Crippen LogP contribution is 2.37. The van der Waals surface area contributed by atoms with Crippen LogP contribution >= 0.6 is 27.5 Å². The molecule has 0 radical (unpaired) electrons. The lowest BCUT2D eigenvalue weighted by Gasteiger charge is -2.19. The largest absolute Gasteiger partial charge is 0.361 e. The van der Waals surface area contributed by atoms with Crippen LogP contribution < -0.4 is 5.32 Å². The second-order valence-corrected chi connectivity index (χ2v) is 7.88. The van der Waals surface area contributed by atoms with Gasteiger partial charge in [0, 0.05) is 10.0 Å². The molecule has 0 saturated heterocycles. The zero-order valence-electron chi connectivity index (χ0n) is 15.5. The number of H-pyrrole nitrogens is 1. The van der Waals surface area contributed by atoms with Crippen molar-refractivity contribution in [2.75, 3.05) is 5.32 Å². The molecule has 30 heavy (non-hydrogen) atoms. The molecule has 152 valence electrons. The van der Waals surface area contributed by atoms with Crippen LogP contribution in [-0.4, -0.2) is 16.3 Å². The molecule has 1 aromatic heterocycles. The summed E-state index contributed by atoms with van der Waals surface area (Å²) in [7, 11) is 0. The van der Waals surface area contributed by atoms with Gasteiger partial charge in [0.15, 0.2) is 12.1 Å². The van der Waals surface area contributed by atoms with Crippen molar-refractivity contribution in [2.24, 2.45) is 0 Å². The summed E-state index contributed by atoms with van der Waals surface area (Å²) in [6, 6.07) is 16.3. The molecule has 4 rings (SSSR count).